The average Bonchev–Trinajstić information content (AvgIpc) is 3.21. The van der Waals surface area contributed by atoms with Crippen molar-refractivity contribution in [1.82, 2.24) is 14.5 Å². The molecule has 6 heteroatoms. The van der Waals surface area contributed by atoms with E-state index in [1.165, 1.54) is 22.3 Å². The predicted molar refractivity (Wildman–Crippen MR) is 127 cm³/mol. The van der Waals surface area contributed by atoms with E-state index >= 15 is 0 Å². The third-order valence-electron chi connectivity index (χ3n) is 4.71. The van der Waals surface area contributed by atoms with Crippen LogP contribution in [0.25, 0.3) is 11.1 Å². The number of aromatic nitrogens is 2. The van der Waals surface area contributed by atoms with E-state index in [9.17, 15) is 0 Å². The van der Waals surface area contributed by atoms with Crippen molar-refractivity contribution in [3.05, 3.63) is 78.4 Å². The third-order valence-corrected chi connectivity index (χ3v) is 4.71. The Hall–Kier alpha value is -2.35. The van der Waals surface area contributed by atoms with Crippen molar-refractivity contribution in [2.75, 3.05) is 13.1 Å². The van der Waals surface area contributed by atoms with Crippen LogP contribution in [0.2, 0.25) is 0 Å². The zero-order valence-electron chi connectivity index (χ0n) is 16.5. The van der Waals surface area contributed by atoms with E-state index in [1.807, 2.05) is 12.5 Å². The second kappa shape index (κ2) is 10.8. The quantitative estimate of drug-likeness (QED) is 0.305. The molecule has 0 atom stereocenters. The van der Waals surface area contributed by atoms with Crippen LogP contribution in [0.1, 0.15) is 25.0 Å². The Bertz CT molecular complexity index is 868. The second-order valence-corrected chi connectivity index (χ2v) is 6.44. The molecule has 5 nitrogen and oxygen atoms in total. The molecule has 0 radical (unpaired) electrons. The van der Waals surface area contributed by atoms with Crippen LogP contribution in [-0.4, -0.2) is 33.5 Å². The molecule has 0 fully saturated rings. The fourth-order valence-corrected chi connectivity index (χ4v) is 3.13. The molecule has 28 heavy (non-hydrogen) atoms. The van der Waals surface area contributed by atoms with Gasteiger partial charge in [-0.15, -0.1) is 24.0 Å². The summed E-state index contributed by atoms with van der Waals surface area (Å²) in [5.74, 6) is 0.602. The number of hydrogen-bond donors (Lipinski definition) is 1. The Morgan fingerprint density at radius 2 is 1.79 bits per heavy atom. The first-order valence-corrected chi connectivity index (χ1v) is 9.39. The van der Waals surface area contributed by atoms with E-state index in [2.05, 4.69) is 81.8 Å². The van der Waals surface area contributed by atoms with Gasteiger partial charge >= 0.3 is 0 Å². The minimum Gasteiger partial charge on any atom is -0.370 e. The van der Waals surface area contributed by atoms with Gasteiger partial charge in [0.1, 0.15) is 0 Å². The molecule has 0 spiro atoms. The van der Waals surface area contributed by atoms with Gasteiger partial charge in [-0.2, -0.15) is 0 Å². The number of aliphatic imine (C=N–C) groups is 1. The third kappa shape index (κ3) is 5.58. The fraction of sp³-hybridized carbons (Fsp3) is 0.273. The lowest BCUT2D eigenvalue weighted by Gasteiger charge is -2.19. The Labute approximate surface area is 184 Å². The molecule has 3 aromatic rings. The molecule has 0 amide bonds. The Morgan fingerprint density at radius 1 is 1.07 bits per heavy atom. The number of halogens is 1. The molecule has 3 rings (SSSR count). The molecular weight excluding hydrogens is 461 g/mol. The lowest BCUT2D eigenvalue weighted by molar-refractivity contribution is 0.458. The summed E-state index contributed by atoms with van der Waals surface area (Å²) < 4.78 is 2.06. The van der Waals surface area contributed by atoms with E-state index in [0.717, 1.165) is 19.6 Å². The monoisotopic (exact) mass is 489 g/mol. The van der Waals surface area contributed by atoms with Crippen molar-refractivity contribution in [2.45, 2.75) is 26.9 Å². The number of rotatable bonds is 7. The zero-order chi connectivity index (χ0) is 19.1. The minimum absolute atomic E-state index is 0. The van der Waals surface area contributed by atoms with Gasteiger partial charge in [0, 0.05) is 32.0 Å². The van der Waals surface area contributed by atoms with Gasteiger partial charge in [0.05, 0.1) is 12.9 Å². The number of imidazole rings is 1. The highest BCUT2D eigenvalue weighted by molar-refractivity contribution is 14.0. The molecule has 0 bridgehead atoms. The summed E-state index contributed by atoms with van der Waals surface area (Å²) >= 11 is 0. The summed E-state index contributed by atoms with van der Waals surface area (Å²) in [5.41, 5.74) is 10.9. The maximum Gasteiger partial charge on any atom is 0.191 e. The SMILES string of the molecule is CCN(CC)C(N)=NCc1ccccc1-c1ccc(Cn2ccnc2)cc1.I. The molecule has 2 N–H and O–H groups in total. The summed E-state index contributed by atoms with van der Waals surface area (Å²) in [5, 5.41) is 0. The molecule has 2 aromatic carbocycles. The number of guanidine groups is 1. The lowest BCUT2D eigenvalue weighted by Crippen LogP contribution is -2.37. The first-order chi connectivity index (χ1) is 13.2. The Balaban J connectivity index is 0.00000280. The van der Waals surface area contributed by atoms with Crippen molar-refractivity contribution in [1.29, 1.82) is 0 Å². The Kier molecular flexibility index (Phi) is 8.50. The van der Waals surface area contributed by atoms with Crippen molar-refractivity contribution in [3.8, 4) is 11.1 Å². The summed E-state index contributed by atoms with van der Waals surface area (Å²) in [6.07, 6.45) is 5.61. The van der Waals surface area contributed by atoms with Gasteiger partial charge in [0.15, 0.2) is 5.96 Å². The molecule has 1 aromatic heterocycles. The van der Waals surface area contributed by atoms with Gasteiger partial charge in [0.25, 0.3) is 0 Å². The Morgan fingerprint density at radius 3 is 2.43 bits per heavy atom. The van der Waals surface area contributed by atoms with Gasteiger partial charge in [-0.1, -0.05) is 48.5 Å². The minimum atomic E-state index is 0. The van der Waals surface area contributed by atoms with E-state index < -0.39 is 0 Å². The number of benzene rings is 2. The van der Waals surface area contributed by atoms with Gasteiger partial charge in [-0.3, -0.25) is 0 Å². The van der Waals surface area contributed by atoms with Gasteiger partial charge in [-0.05, 0) is 36.1 Å². The topological polar surface area (TPSA) is 59.4 Å². The molecule has 1 heterocycles. The van der Waals surface area contributed by atoms with Crippen LogP contribution < -0.4 is 5.73 Å². The van der Waals surface area contributed by atoms with Crippen LogP contribution in [-0.2, 0) is 13.1 Å². The van der Waals surface area contributed by atoms with E-state index in [1.54, 1.807) is 6.20 Å². The van der Waals surface area contributed by atoms with Crippen LogP contribution in [0, 0.1) is 0 Å². The van der Waals surface area contributed by atoms with Crippen LogP contribution >= 0.6 is 24.0 Å². The average molecular weight is 489 g/mol. The highest BCUT2D eigenvalue weighted by atomic mass is 127. The normalized spacial score (nSPS) is 11.1. The summed E-state index contributed by atoms with van der Waals surface area (Å²) in [6.45, 7) is 7.32. The molecule has 0 aliphatic carbocycles. The molecule has 0 unspecified atom stereocenters. The standard InChI is InChI=1S/C22H27N5.HI/c1-3-27(4-2)22(23)25-15-20-7-5-6-8-21(20)19-11-9-18(10-12-19)16-26-14-13-24-17-26;/h5-14,17H,3-4,15-16H2,1-2H3,(H2,23,25);1H. The van der Waals surface area contributed by atoms with Crippen LogP contribution in [0.3, 0.4) is 0 Å². The first-order valence-electron chi connectivity index (χ1n) is 9.39. The summed E-state index contributed by atoms with van der Waals surface area (Å²) in [6, 6.07) is 17.0. The van der Waals surface area contributed by atoms with Crippen molar-refractivity contribution in [2.24, 2.45) is 10.7 Å². The predicted octanol–water partition coefficient (Wildman–Crippen LogP) is 4.37. The molecule has 0 aliphatic rings. The zero-order valence-corrected chi connectivity index (χ0v) is 18.8. The fourth-order valence-electron chi connectivity index (χ4n) is 3.13. The summed E-state index contributed by atoms with van der Waals surface area (Å²) in [7, 11) is 0. The van der Waals surface area contributed by atoms with Crippen LogP contribution in [0.15, 0.2) is 72.2 Å². The van der Waals surface area contributed by atoms with Gasteiger partial charge < -0.3 is 15.2 Å². The molecule has 0 saturated carbocycles. The number of hydrogen-bond acceptors (Lipinski definition) is 2. The van der Waals surface area contributed by atoms with Crippen LogP contribution in [0.4, 0.5) is 0 Å². The number of nitrogens with zero attached hydrogens (tertiary/aromatic N) is 4. The number of nitrogens with two attached hydrogens (primary N) is 1. The van der Waals surface area contributed by atoms with E-state index in [-0.39, 0.29) is 24.0 Å². The summed E-state index contributed by atoms with van der Waals surface area (Å²) in [4.78, 5) is 10.8. The molecule has 0 aliphatic heterocycles. The van der Waals surface area contributed by atoms with Crippen molar-refractivity contribution < 1.29 is 0 Å². The van der Waals surface area contributed by atoms with Gasteiger partial charge in [0.2, 0.25) is 0 Å². The second-order valence-electron chi connectivity index (χ2n) is 6.44. The lowest BCUT2D eigenvalue weighted by atomic mass is 9.98. The molecular formula is C22H28IN5. The molecule has 148 valence electrons. The first kappa shape index (κ1) is 21.9. The van der Waals surface area contributed by atoms with Crippen LogP contribution in [0.5, 0.6) is 0 Å². The smallest absolute Gasteiger partial charge is 0.191 e. The maximum atomic E-state index is 6.13. The highest BCUT2D eigenvalue weighted by Gasteiger charge is 2.07. The highest BCUT2D eigenvalue weighted by Crippen LogP contribution is 2.25. The van der Waals surface area contributed by atoms with Gasteiger partial charge in [-0.25, -0.2) is 9.98 Å². The van der Waals surface area contributed by atoms with E-state index in [0.29, 0.717) is 12.5 Å². The van der Waals surface area contributed by atoms with Crippen molar-refractivity contribution in [3.63, 3.8) is 0 Å². The van der Waals surface area contributed by atoms with E-state index in [4.69, 9.17) is 5.73 Å². The molecule has 0 saturated heterocycles. The maximum absolute atomic E-state index is 6.13. The largest absolute Gasteiger partial charge is 0.370 e. The van der Waals surface area contributed by atoms with Crippen molar-refractivity contribution >= 4 is 29.9 Å².